The van der Waals surface area contributed by atoms with Crippen molar-refractivity contribution in [1.29, 1.82) is 0 Å². The van der Waals surface area contributed by atoms with E-state index >= 15 is 0 Å². The summed E-state index contributed by atoms with van der Waals surface area (Å²) in [6.45, 7) is 5.37. The number of para-hydroxylation sites is 2. The van der Waals surface area contributed by atoms with Crippen LogP contribution in [0.25, 0.3) is 0 Å². The van der Waals surface area contributed by atoms with Crippen LogP contribution in [0.4, 0.5) is 5.69 Å². The fourth-order valence-corrected chi connectivity index (χ4v) is 2.92. The lowest BCUT2D eigenvalue weighted by Crippen LogP contribution is -2.45. The Morgan fingerprint density at radius 3 is 2.75 bits per heavy atom. The van der Waals surface area contributed by atoms with Crippen molar-refractivity contribution < 1.29 is 9.53 Å². The van der Waals surface area contributed by atoms with Crippen LogP contribution in [0, 0.1) is 0 Å². The van der Waals surface area contributed by atoms with E-state index in [0.29, 0.717) is 19.6 Å². The summed E-state index contributed by atoms with van der Waals surface area (Å²) in [6, 6.07) is 18.3. The molecular weight excluding hydrogens is 300 g/mol. The van der Waals surface area contributed by atoms with Gasteiger partial charge in [-0.3, -0.25) is 4.79 Å². The Morgan fingerprint density at radius 2 is 1.96 bits per heavy atom. The topological polar surface area (TPSA) is 41.6 Å². The molecule has 24 heavy (non-hydrogen) atoms. The highest BCUT2D eigenvalue weighted by atomic mass is 16.5. The van der Waals surface area contributed by atoms with Gasteiger partial charge in [-0.05, 0) is 17.7 Å². The van der Waals surface area contributed by atoms with Crippen LogP contribution >= 0.6 is 0 Å². The number of nitrogens with zero attached hydrogens (tertiary/aromatic N) is 1. The molecule has 1 heterocycles. The summed E-state index contributed by atoms with van der Waals surface area (Å²) >= 11 is 0. The number of carbonyl (C=O) groups excluding carboxylic acids is 1. The van der Waals surface area contributed by atoms with Crippen LogP contribution in [-0.4, -0.2) is 25.1 Å². The molecule has 2 aromatic rings. The Morgan fingerprint density at radius 1 is 1.21 bits per heavy atom. The third-order valence-corrected chi connectivity index (χ3v) is 4.11. The van der Waals surface area contributed by atoms with Crippen LogP contribution < -0.4 is 15.0 Å². The quantitative estimate of drug-likeness (QED) is 0.831. The number of benzene rings is 2. The number of nitrogens with one attached hydrogen (secondary N) is 1. The predicted molar refractivity (Wildman–Crippen MR) is 96.2 cm³/mol. The van der Waals surface area contributed by atoms with E-state index in [0.717, 1.165) is 18.0 Å². The second kappa shape index (κ2) is 7.68. The van der Waals surface area contributed by atoms with Gasteiger partial charge >= 0.3 is 0 Å². The van der Waals surface area contributed by atoms with Crippen molar-refractivity contribution in [2.75, 3.05) is 18.1 Å². The molecular formula is C20H22N2O2. The third kappa shape index (κ3) is 3.77. The maximum atomic E-state index is 12.1. The molecule has 4 nitrogen and oxygen atoms in total. The van der Waals surface area contributed by atoms with E-state index in [1.807, 2.05) is 42.5 Å². The van der Waals surface area contributed by atoms with Crippen LogP contribution in [0.1, 0.15) is 12.0 Å². The molecule has 0 spiro atoms. The van der Waals surface area contributed by atoms with Crippen LogP contribution in [-0.2, 0) is 11.3 Å². The van der Waals surface area contributed by atoms with E-state index in [1.54, 1.807) is 6.08 Å². The Kier molecular flexibility index (Phi) is 5.16. The molecule has 0 saturated carbocycles. The molecule has 0 fully saturated rings. The first-order chi connectivity index (χ1) is 11.8. The van der Waals surface area contributed by atoms with Crippen LogP contribution in [0.5, 0.6) is 5.75 Å². The summed E-state index contributed by atoms with van der Waals surface area (Å²) in [5.41, 5.74) is 2.25. The lowest BCUT2D eigenvalue weighted by molar-refractivity contribution is -0.121. The van der Waals surface area contributed by atoms with Crippen molar-refractivity contribution in [1.82, 2.24) is 5.32 Å². The number of anilines is 1. The maximum Gasteiger partial charge on any atom is 0.222 e. The monoisotopic (exact) mass is 322 g/mol. The molecule has 1 atom stereocenters. The zero-order valence-electron chi connectivity index (χ0n) is 13.7. The first-order valence-corrected chi connectivity index (χ1v) is 8.18. The molecule has 0 radical (unpaired) electrons. The van der Waals surface area contributed by atoms with Crippen molar-refractivity contribution in [3.05, 3.63) is 72.8 Å². The Hall–Kier alpha value is -2.75. The third-order valence-electron chi connectivity index (χ3n) is 4.11. The van der Waals surface area contributed by atoms with Crippen LogP contribution in [0.15, 0.2) is 67.3 Å². The predicted octanol–water partition coefficient (Wildman–Crippen LogP) is 3.15. The van der Waals surface area contributed by atoms with Crippen LogP contribution in [0.3, 0.4) is 0 Å². The Balaban J connectivity index is 1.82. The van der Waals surface area contributed by atoms with E-state index in [4.69, 9.17) is 4.74 Å². The molecule has 0 unspecified atom stereocenters. The second-order valence-electron chi connectivity index (χ2n) is 5.84. The van der Waals surface area contributed by atoms with Gasteiger partial charge in [0.15, 0.2) is 0 Å². The molecule has 3 rings (SSSR count). The van der Waals surface area contributed by atoms with Gasteiger partial charge in [0.1, 0.15) is 12.4 Å². The van der Waals surface area contributed by atoms with Crippen molar-refractivity contribution in [2.24, 2.45) is 0 Å². The van der Waals surface area contributed by atoms with Gasteiger partial charge in [-0.25, -0.2) is 0 Å². The SMILES string of the molecule is C=CCNC(=O)C[C@@H]1COc2ccccc2N1Cc1ccccc1. The van der Waals surface area contributed by atoms with Crippen molar-refractivity contribution >= 4 is 11.6 Å². The summed E-state index contributed by atoms with van der Waals surface area (Å²) in [7, 11) is 0. The average Bonchev–Trinajstić information content (AvgIpc) is 2.63. The van der Waals surface area contributed by atoms with Gasteiger partial charge in [0.2, 0.25) is 5.91 Å². The van der Waals surface area contributed by atoms with E-state index in [2.05, 4.69) is 28.9 Å². The molecule has 1 aliphatic rings. The van der Waals surface area contributed by atoms with E-state index in [1.165, 1.54) is 5.56 Å². The van der Waals surface area contributed by atoms with Gasteiger partial charge in [0, 0.05) is 13.1 Å². The van der Waals surface area contributed by atoms with Gasteiger partial charge in [0.25, 0.3) is 0 Å². The minimum atomic E-state index is 0.00456. The molecule has 0 aromatic heterocycles. The lowest BCUT2D eigenvalue weighted by atomic mass is 10.1. The fourth-order valence-electron chi connectivity index (χ4n) is 2.92. The second-order valence-corrected chi connectivity index (χ2v) is 5.84. The number of carbonyl (C=O) groups is 1. The maximum absolute atomic E-state index is 12.1. The Bertz CT molecular complexity index is 700. The van der Waals surface area contributed by atoms with Gasteiger partial charge in [-0.15, -0.1) is 6.58 Å². The largest absolute Gasteiger partial charge is 0.489 e. The van der Waals surface area contributed by atoms with Gasteiger partial charge in [-0.1, -0.05) is 48.5 Å². The normalized spacial score (nSPS) is 16.0. The number of hydrogen-bond donors (Lipinski definition) is 1. The molecule has 0 bridgehead atoms. The highest BCUT2D eigenvalue weighted by Crippen LogP contribution is 2.35. The molecule has 2 aromatic carbocycles. The first-order valence-electron chi connectivity index (χ1n) is 8.18. The highest BCUT2D eigenvalue weighted by molar-refractivity contribution is 5.78. The molecule has 4 heteroatoms. The van der Waals surface area contributed by atoms with E-state index in [-0.39, 0.29) is 11.9 Å². The van der Waals surface area contributed by atoms with Gasteiger partial charge in [-0.2, -0.15) is 0 Å². The smallest absolute Gasteiger partial charge is 0.222 e. The van der Waals surface area contributed by atoms with Crippen molar-refractivity contribution in [3.63, 3.8) is 0 Å². The first kappa shape index (κ1) is 16.1. The van der Waals surface area contributed by atoms with Gasteiger partial charge in [0.05, 0.1) is 18.2 Å². The molecule has 1 amide bonds. The highest BCUT2D eigenvalue weighted by Gasteiger charge is 2.29. The summed E-state index contributed by atoms with van der Waals surface area (Å²) in [5, 5.41) is 2.85. The number of ether oxygens (including phenoxy) is 1. The minimum Gasteiger partial charge on any atom is -0.489 e. The summed E-state index contributed by atoms with van der Waals surface area (Å²) < 4.78 is 5.87. The number of hydrogen-bond acceptors (Lipinski definition) is 3. The Labute approximate surface area is 142 Å². The molecule has 1 N–H and O–H groups in total. The summed E-state index contributed by atoms with van der Waals surface area (Å²) in [5.74, 6) is 0.886. The molecule has 0 saturated heterocycles. The van der Waals surface area contributed by atoms with Crippen molar-refractivity contribution in [3.8, 4) is 5.75 Å². The average molecular weight is 322 g/mol. The summed E-state index contributed by atoms with van der Waals surface area (Å²) in [6.07, 6.45) is 2.08. The van der Waals surface area contributed by atoms with Crippen LogP contribution in [0.2, 0.25) is 0 Å². The van der Waals surface area contributed by atoms with E-state index in [9.17, 15) is 4.79 Å². The van der Waals surface area contributed by atoms with Crippen molar-refractivity contribution in [2.45, 2.75) is 19.0 Å². The summed E-state index contributed by atoms with van der Waals surface area (Å²) in [4.78, 5) is 14.4. The van der Waals surface area contributed by atoms with E-state index < -0.39 is 0 Å². The molecule has 124 valence electrons. The minimum absolute atomic E-state index is 0.00456. The zero-order valence-corrected chi connectivity index (χ0v) is 13.7. The molecule has 0 aliphatic carbocycles. The molecule has 1 aliphatic heterocycles. The lowest BCUT2D eigenvalue weighted by Gasteiger charge is -2.38. The van der Waals surface area contributed by atoms with Gasteiger partial charge < -0.3 is 15.0 Å². The number of amides is 1. The zero-order chi connectivity index (χ0) is 16.8. The number of fused-ring (bicyclic) bond motifs is 1. The fraction of sp³-hybridized carbons (Fsp3) is 0.250. The standard InChI is InChI=1S/C20H22N2O2/c1-2-12-21-20(23)13-17-15-24-19-11-7-6-10-18(19)22(17)14-16-8-4-3-5-9-16/h2-11,17H,1,12-15H2,(H,21,23)/t17-/m1/s1. The number of rotatable bonds is 6.